The molecule has 2 rings (SSSR count). The fraction of sp³-hybridized carbons (Fsp3) is 0.154. The molecule has 0 aliphatic heterocycles. The quantitative estimate of drug-likeness (QED) is 0.911. The van der Waals surface area contributed by atoms with Crippen molar-refractivity contribution in [3.63, 3.8) is 0 Å². The van der Waals surface area contributed by atoms with E-state index in [0.717, 1.165) is 6.07 Å². The molecule has 18 heavy (non-hydrogen) atoms. The number of hydrogen-bond donors (Lipinski definition) is 1. The van der Waals surface area contributed by atoms with Crippen molar-refractivity contribution < 1.29 is 18.6 Å². The SMILES string of the molecule is COc1nccc(C(O)c2cccc(F)c2)c1F. The van der Waals surface area contributed by atoms with Gasteiger partial charge in [0.15, 0.2) is 5.82 Å². The summed E-state index contributed by atoms with van der Waals surface area (Å²) in [5.74, 6) is -1.45. The zero-order valence-electron chi connectivity index (χ0n) is 9.60. The largest absolute Gasteiger partial charge is 0.479 e. The monoisotopic (exact) mass is 251 g/mol. The molecule has 1 unspecified atom stereocenters. The van der Waals surface area contributed by atoms with E-state index in [-0.39, 0.29) is 17.0 Å². The summed E-state index contributed by atoms with van der Waals surface area (Å²) in [5, 5.41) is 10.0. The molecular formula is C13H11F2NO2. The van der Waals surface area contributed by atoms with Crippen molar-refractivity contribution in [2.24, 2.45) is 0 Å². The molecule has 0 bridgehead atoms. The summed E-state index contributed by atoms with van der Waals surface area (Å²) >= 11 is 0. The molecule has 1 N–H and O–H groups in total. The predicted molar refractivity (Wildman–Crippen MR) is 61.2 cm³/mol. The molecule has 2 aromatic rings. The lowest BCUT2D eigenvalue weighted by atomic mass is 10.0. The Bertz CT molecular complexity index is 560. The maximum absolute atomic E-state index is 13.9. The van der Waals surface area contributed by atoms with Crippen LogP contribution in [0.1, 0.15) is 17.2 Å². The third-order valence-electron chi connectivity index (χ3n) is 2.54. The first-order chi connectivity index (χ1) is 8.63. The van der Waals surface area contributed by atoms with Gasteiger partial charge in [0, 0.05) is 11.8 Å². The van der Waals surface area contributed by atoms with Crippen molar-refractivity contribution in [3.05, 3.63) is 59.3 Å². The highest BCUT2D eigenvalue weighted by Gasteiger charge is 2.19. The number of pyridine rings is 1. The zero-order valence-corrected chi connectivity index (χ0v) is 9.60. The van der Waals surface area contributed by atoms with Gasteiger partial charge in [-0.1, -0.05) is 12.1 Å². The van der Waals surface area contributed by atoms with Gasteiger partial charge >= 0.3 is 0 Å². The summed E-state index contributed by atoms with van der Waals surface area (Å²) in [5.41, 5.74) is 0.259. The molecule has 94 valence electrons. The van der Waals surface area contributed by atoms with Crippen LogP contribution in [0.3, 0.4) is 0 Å². The molecule has 0 aliphatic rings. The van der Waals surface area contributed by atoms with Crippen LogP contribution in [-0.2, 0) is 0 Å². The highest BCUT2D eigenvalue weighted by atomic mass is 19.1. The van der Waals surface area contributed by atoms with E-state index >= 15 is 0 Å². The van der Waals surface area contributed by atoms with E-state index in [1.807, 2.05) is 0 Å². The molecule has 0 spiro atoms. The molecule has 3 nitrogen and oxygen atoms in total. The van der Waals surface area contributed by atoms with E-state index in [2.05, 4.69) is 4.98 Å². The number of hydrogen-bond acceptors (Lipinski definition) is 3. The van der Waals surface area contributed by atoms with Gasteiger partial charge in [-0.05, 0) is 23.8 Å². The van der Waals surface area contributed by atoms with Crippen molar-refractivity contribution in [3.8, 4) is 5.88 Å². The lowest BCUT2D eigenvalue weighted by molar-refractivity contribution is 0.212. The second-order valence-corrected chi connectivity index (χ2v) is 3.68. The lowest BCUT2D eigenvalue weighted by Crippen LogP contribution is -2.05. The number of rotatable bonds is 3. The molecule has 0 fully saturated rings. The molecule has 0 aliphatic carbocycles. The molecule has 1 aromatic heterocycles. The van der Waals surface area contributed by atoms with Crippen molar-refractivity contribution in [2.45, 2.75) is 6.10 Å². The summed E-state index contributed by atoms with van der Waals surface area (Å²) in [4.78, 5) is 3.67. The Labute approximate surface area is 103 Å². The Morgan fingerprint density at radius 2 is 2.06 bits per heavy atom. The summed E-state index contributed by atoms with van der Waals surface area (Å²) < 4.78 is 31.6. The van der Waals surface area contributed by atoms with Gasteiger partial charge in [-0.2, -0.15) is 0 Å². The average molecular weight is 251 g/mol. The Balaban J connectivity index is 2.43. The van der Waals surface area contributed by atoms with E-state index in [1.54, 1.807) is 0 Å². The Hall–Kier alpha value is -2.01. The minimum atomic E-state index is -1.27. The Kier molecular flexibility index (Phi) is 3.53. The molecular weight excluding hydrogens is 240 g/mol. The number of nitrogens with zero attached hydrogens (tertiary/aromatic N) is 1. The fourth-order valence-corrected chi connectivity index (χ4v) is 1.65. The topological polar surface area (TPSA) is 42.4 Å². The van der Waals surface area contributed by atoms with E-state index < -0.39 is 17.7 Å². The van der Waals surface area contributed by atoms with Crippen LogP contribution in [0.2, 0.25) is 0 Å². The third-order valence-corrected chi connectivity index (χ3v) is 2.54. The summed E-state index contributed by atoms with van der Waals surface area (Å²) in [6.07, 6.45) is 0.0531. The van der Waals surface area contributed by atoms with Gasteiger partial charge < -0.3 is 9.84 Å². The number of benzene rings is 1. The predicted octanol–water partition coefficient (Wildman–Crippen LogP) is 2.45. The molecule has 0 amide bonds. The molecule has 0 saturated heterocycles. The van der Waals surface area contributed by atoms with Crippen molar-refractivity contribution in [1.82, 2.24) is 4.98 Å². The van der Waals surface area contributed by atoms with Gasteiger partial charge in [0.2, 0.25) is 5.88 Å². The van der Waals surface area contributed by atoms with Crippen LogP contribution in [-0.4, -0.2) is 17.2 Å². The molecule has 1 aromatic carbocycles. The van der Waals surface area contributed by atoms with E-state index in [1.165, 1.54) is 37.6 Å². The second-order valence-electron chi connectivity index (χ2n) is 3.68. The van der Waals surface area contributed by atoms with Gasteiger partial charge in [0.05, 0.1) is 7.11 Å². The first kappa shape index (κ1) is 12.4. The maximum atomic E-state index is 13.9. The molecule has 1 heterocycles. The summed E-state index contributed by atoms with van der Waals surface area (Å²) in [6, 6.07) is 6.69. The fourth-order valence-electron chi connectivity index (χ4n) is 1.65. The smallest absolute Gasteiger partial charge is 0.250 e. The maximum Gasteiger partial charge on any atom is 0.250 e. The second kappa shape index (κ2) is 5.10. The number of aliphatic hydroxyl groups is 1. The molecule has 0 saturated carbocycles. The van der Waals surface area contributed by atoms with E-state index in [9.17, 15) is 13.9 Å². The summed E-state index contributed by atoms with van der Waals surface area (Å²) in [6.45, 7) is 0. The van der Waals surface area contributed by atoms with Crippen LogP contribution in [0.15, 0.2) is 36.5 Å². The van der Waals surface area contributed by atoms with Crippen LogP contribution in [0.5, 0.6) is 5.88 Å². The van der Waals surface area contributed by atoms with Crippen molar-refractivity contribution >= 4 is 0 Å². The van der Waals surface area contributed by atoms with Gasteiger partial charge in [0.25, 0.3) is 0 Å². The third kappa shape index (κ3) is 2.31. The first-order valence-corrected chi connectivity index (χ1v) is 5.25. The van der Waals surface area contributed by atoms with Crippen LogP contribution in [0.4, 0.5) is 8.78 Å². The van der Waals surface area contributed by atoms with Crippen LogP contribution in [0.25, 0.3) is 0 Å². The zero-order chi connectivity index (χ0) is 13.1. The van der Waals surface area contributed by atoms with E-state index in [0.29, 0.717) is 0 Å². The van der Waals surface area contributed by atoms with Gasteiger partial charge in [0.1, 0.15) is 11.9 Å². The average Bonchev–Trinajstić information content (AvgIpc) is 2.38. The first-order valence-electron chi connectivity index (χ1n) is 5.25. The number of halogens is 2. The highest BCUT2D eigenvalue weighted by Crippen LogP contribution is 2.27. The van der Waals surface area contributed by atoms with Crippen LogP contribution in [0, 0.1) is 11.6 Å². The number of methoxy groups -OCH3 is 1. The van der Waals surface area contributed by atoms with Gasteiger partial charge in [-0.15, -0.1) is 0 Å². The number of aliphatic hydroxyl groups excluding tert-OH is 1. The van der Waals surface area contributed by atoms with Crippen LogP contribution >= 0.6 is 0 Å². The lowest BCUT2D eigenvalue weighted by Gasteiger charge is -2.13. The Morgan fingerprint density at radius 3 is 2.72 bits per heavy atom. The molecule has 0 radical (unpaired) electrons. The Morgan fingerprint density at radius 1 is 1.28 bits per heavy atom. The minimum absolute atomic E-state index is 0.00699. The van der Waals surface area contributed by atoms with Crippen LogP contribution < -0.4 is 4.74 Å². The minimum Gasteiger partial charge on any atom is -0.479 e. The standard InChI is InChI=1S/C13H11F2NO2/c1-18-13-11(15)10(5-6-16-13)12(17)8-3-2-4-9(14)7-8/h2-7,12,17H,1H3. The number of aromatic nitrogens is 1. The molecule has 1 atom stereocenters. The van der Waals surface area contributed by atoms with Gasteiger partial charge in [-0.3, -0.25) is 0 Å². The van der Waals surface area contributed by atoms with Crippen molar-refractivity contribution in [2.75, 3.05) is 7.11 Å². The molecule has 5 heteroatoms. The number of ether oxygens (including phenoxy) is 1. The van der Waals surface area contributed by atoms with E-state index in [4.69, 9.17) is 4.74 Å². The normalized spacial score (nSPS) is 12.2. The highest BCUT2D eigenvalue weighted by molar-refractivity contribution is 5.33. The van der Waals surface area contributed by atoms with Gasteiger partial charge in [-0.25, -0.2) is 13.8 Å². The summed E-state index contributed by atoms with van der Waals surface area (Å²) in [7, 11) is 1.28. The van der Waals surface area contributed by atoms with Crippen molar-refractivity contribution in [1.29, 1.82) is 0 Å².